The van der Waals surface area contributed by atoms with Crippen LogP contribution in [0.15, 0.2) is 77.7 Å². The number of rotatable bonds is 11. The molecule has 0 unspecified atom stereocenters. The quantitative estimate of drug-likeness (QED) is 0.259. The molecule has 0 aliphatic carbocycles. The van der Waals surface area contributed by atoms with Crippen molar-refractivity contribution in [1.29, 1.82) is 0 Å². The van der Waals surface area contributed by atoms with Gasteiger partial charge in [-0.2, -0.15) is 8.42 Å². The lowest BCUT2D eigenvalue weighted by Gasteiger charge is -2.26. The summed E-state index contributed by atoms with van der Waals surface area (Å²) < 4.78 is 33.5. The topological polar surface area (TPSA) is 88.2 Å². The van der Waals surface area contributed by atoms with Crippen molar-refractivity contribution in [2.24, 2.45) is 0 Å². The van der Waals surface area contributed by atoms with E-state index in [4.69, 9.17) is 21.2 Å². The number of ether oxygens (including phenoxy) is 1. The second-order valence-corrected chi connectivity index (χ2v) is 11.2. The van der Waals surface area contributed by atoms with E-state index < -0.39 is 10.0 Å². The molecule has 0 atom stereocenters. The number of nitrogens with zero attached hydrogens (tertiary/aromatic N) is 2. The molecule has 0 aromatic heterocycles. The lowest BCUT2D eigenvalue weighted by atomic mass is 10.1. The SMILES string of the molecule is COc1cc(Cl)ccc1ON(c1ccccc1)S(=O)(=O)c1ccc(C(=O)NCCCN2CCCCC2)cc1. The van der Waals surface area contributed by atoms with Gasteiger partial charge in [-0.15, -0.1) is 0 Å². The van der Waals surface area contributed by atoms with Gasteiger partial charge in [0.2, 0.25) is 0 Å². The summed E-state index contributed by atoms with van der Waals surface area (Å²) in [6.45, 7) is 3.77. The maximum absolute atomic E-state index is 13.7. The number of piperidine rings is 1. The number of carbonyl (C=O) groups is 1. The zero-order valence-corrected chi connectivity index (χ0v) is 22.9. The van der Waals surface area contributed by atoms with Gasteiger partial charge in [-0.05, 0) is 87.4 Å². The Morgan fingerprint density at radius 1 is 0.974 bits per heavy atom. The first-order valence-electron chi connectivity index (χ1n) is 12.6. The van der Waals surface area contributed by atoms with Crippen LogP contribution in [-0.2, 0) is 10.0 Å². The van der Waals surface area contributed by atoms with Gasteiger partial charge in [0.25, 0.3) is 15.9 Å². The summed E-state index contributed by atoms with van der Waals surface area (Å²) in [4.78, 5) is 20.9. The maximum Gasteiger partial charge on any atom is 0.295 e. The number of amides is 1. The minimum absolute atomic E-state index is 0.0315. The molecule has 4 rings (SSSR count). The molecule has 1 heterocycles. The molecule has 8 nitrogen and oxygen atoms in total. The molecule has 1 aliphatic heterocycles. The van der Waals surface area contributed by atoms with E-state index in [1.807, 2.05) is 0 Å². The third kappa shape index (κ3) is 6.98. The van der Waals surface area contributed by atoms with Crippen LogP contribution < -0.4 is 19.4 Å². The second kappa shape index (κ2) is 13.0. The molecule has 0 spiro atoms. The fraction of sp³-hybridized carbons (Fsp3) is 0.321. The number of para-hydroxylation sites is 1. The Morgan fingerprint density at radius 2 is 1.68 bits per heavy atom. The number of anilines is 1. The van der Waals surface area contributed by atoms with Crippen LogP contribution in [0.2, 0.25) is 5.02 Å². The number of hydrogen-bond acceptors (Lipinski definition) is 6. The number of likely N-dealkylation sites (tertiary alicyclic amines) is 1. The van der Waals surface area contributed by atoms with Crippen LogP contribution in [-0.4, -0.2) is 52.5 Å². The number of carbonyl (C=O) groups excluding carboxylic acids is 1. The first kappa shape index (κ1) is 27.8. The first-order valence-corrected chi connectivity index (χ1v) is 14.4. The molecule has 1 saturated heterocycles. The third-order valence-electron chi connectivity index (χ3n) is 6.29. The predicted octanol–water partition coefficient (Wildman–Crippen LogP) is 5.14. The van der Waals surface area contributed by atoms with Crippen LogP contribution in [0, 0.1) is 0 Å². The van der Waals surface area contributed by atoms with Gasteiger partial charge < -0.3 is 19.8 Å². The Morgan fingerprint density at radius 3 is 2.37 bits per heavy atom. The van der Waals surface area contributed by atoms with Crippen molar-refractivity contribution in [3.05, 3.63) is 83.4 Å². The average Bonchev–Trinajstić information content (AvgIpc) is 2.95. The molecule has 38 heavy (non-hydrogen) atoms. The highest BCUT2D eigenvalue weighted by atomic mass is 35.5. The summed E-state index contributed by atoms with van der Waals surface area (Å²) in [5.41, 5.74) is 0.675. The van der Waals surface area contributed by atoms with E-state index in [1.165, 1.54) is 62.8 Å². The minimum Gasteiger partial charge on any atom is -0.493 e. The molecule has 10 heteroatoms. The van der Waals surface area contributed by atoms with Gasteiger partial charge in [-0.25, -0.2) is 0 Å². The smallest absolute Gasteiger partial charge is 0.295 e. The van der Waals surface area contributed by atoms with Crippen molar-refractivity contribution >= 4 is 33.2 Å². The first-order chi connectivity index (χ1) is 18.4. The fourth-order valence-electron chi connectivity index (χ4n) is 4.26. The van der Waals surface area contributed by atoms with E-state index in [9.17, 15) is 13.2 Å². The molecule has 1 amide bonds. The summed E-state index contributed by atoms with van der Waals surface area (Å²) in [6, 6.07) is 18.9. The Hall–Kier alpha value is -3.27. The highest BCUT2D eigenvalue weighted by molar-refractivity contribution is 7.92. The van der Waals surface area contributed by atoms with Crippen molar-refractivity contribution in [2.75, 3.05) is 37.8 Å². The molecule has 1 aliphatic rings. The lowest BCUT2D eigenvalue weighted by molar-refractivity contribution is 0.0951. The van der Waals surface area contributed by atoms with E-state index in [1.54, 1.807) is 36.4 Å². The number of methoxy groups -OCH3 is 1. The van der Waals surface area contributed by atoms with Gasteiger partial charge >= 0.3 is 0 Å². The predicted molar refractivity (Wildman–Crippen MR) is 148 cm³/mol. The highest BCUT2D eigenvalue weighted by Crippen LogP contribution is 2.34. The maximum atomic E-state index is 13.7. The number of benzene rings is 3. The summed E-state index contributed by atoms with van der Waals surface area (Å²) in [5.74, 6) is 0.209. The van der Waals surface area contributed by atoms with Crippen LogP contribution in [0.3, 0.4) is 0 Å². The van der Waals surface area contributed by atoms with Crippen molar-refractivity contribution < 1.29 is 22.8 Å². The molecule has 0 saturated carbocycles. The molecule has 0 bridgehead atoms. The van der Waals surface area contributed by atoms with Crippen LogP contribution in [0.5, 0.6) is 11.5 Å². The van der Waals surface area contributed by atoms with Gasteiger partial charge in [0.05, 0.1) is 17.7 Å². The summed E-state index contributed by atoms with van der Waals surface area (Å²) in [5, 5.41) is 3.34. The van der Waals surface area contributed by atoms with Crippen LogP contribution in [0.1, 0.15) is 36.0 Å². The van der Waals surface area contributed by atoms with Crippen molar-refractivity contribution in [2.45, 2.75) is 30.6 Å². The minimum atomic E-state index is -4.18. The highest BCUT2D eigenvalue weighted by Gasteiger charge is 2.29. The Kier molecular flexibility index (Phi) is 9.49. The fourth-order valence-corrected chi connectivity index (χ4v) is 5.67. The zero-order valence-electron chi connectivity index (χ0n) is 21.3. The lowest BCUT2D eigenvalue weighted by Crippen LogP contribution is -2.34. The molecule has 3 aromatic carbocycles. The van der Waals surface area contributed by atoms with E-state index in [-0.39, 0.29) is 22.3 Å². The average molecular weight is 558 g/mol. The molecular formula is C28H32ClN3O5S. The Balaban J connectivity index is 1.47. The van der Waals surface area contributed by atoms with Gasteiger partial charge in [0, 0.05) is 23.2 Å². The monoisotopic (exact) mass is 557 g/mol. The van der Waals surface area contributed by atoms with E-state index in [0.29, 0.717) is 22.8 Å². The third-order valence-corrected chi connectivity index (χ3v) is 8.12. The normalized spacial score (nSPS) is 14.1. The molecule has 202 valence electrons. The number of hydrogen-bond donors (Lipinski definition) is 1. The van der Waals surface area contributed by atoms with Gasteiger partial charge in [0.15, 0.2) is 11.5 Å². The van der Waals surface area contributed by atoms with E-state index >= 15 is 0 Å². The number of sulfonamides is 1. The second-order valence-electron chi connectivity index (χ2n) is 8.99. The van der Waals surface area contributed by atoms with Crippen LogP contribution >= 0.6 is 11.6 Å². The van der Waals surface area contributed by atoms with Crippen molar-refractivity contribution in [3.8, 4) is 11.5 Å². The molecular weight excluding hydrogens is 526 g/mol. The van der Waals surface area contributed by atoms with E-state index in [2.05, 4.69) is 10.2 Å². The standard InChI is InChI=1S/C28H32ClN3O5S/c1-36-27-21-23(29)13-16-26(27)37-32(24-9-4-2-5-10-24)38(34,35)25-14-11-22(12-15-25)28(33)30-17-8-20-31-18-6-3-7-19-31/h2,4-5,9-16,21H,3,6-8,17-20H2,1H3,(H,30,33). The molecule has 1 N–H and O–H groups in total. The molecule has 0 radical (unpaired) electrons. The van der Waals surface area contributed by atoms with Gasteiger partial charge in [0.1, 0.15) is 0 Å². The van der Waals surface area contributed by atoms with Crippen LogP contribution in [0.25, 0.3) is 0 Å². The summed E-state index contributed by atoms with van der Waals surface area (Å²) >= 11 is 6.05. The van der Waals surface area contributed by atoms with Gasteiger partial charge in [-0.1, -0.05) is 40.7 Å². The summed E-state index contributed by atoms with van der Waals surface area (Å²) in [6.07, 6.45) is 4.64. The Labute approximate surface area is 229 Å². The number of nitrogens with one attached hydrogen (secondary N) is 1. The van der Waals surface area contributed by atoms with Gasteiger partial charge in [-0.3, -0.25) is 4.79 Å². The van der Waals surface area contributed by atoms with E-state index in [0.717, 1.165) is 30.5 Å². The Bertz CT molecular complexity index is 1310. The van der Waals surface area contributed by atoms with Crippen molar-refractivity contribution in [1.82, 2.24) is 10.2 Å². The zero-order chi connectivity index (χ0) is 27.0. The van der Waals surface area contributed by atoms with Crippen LogP contribution in [0.4, 0.5) is 5.69 Å². The molecule has 1 fully saturated rings. The summed E-state index contributed by atoms with van der Waals surface area (Å²) in [7, 11) is -2.74. The van der Waals surface area contributed by atoms with Crippen molar-refractivity contribution in [3.63, 3.8) is 0 Å². The number of halogens is 1. The largest absolute Gasteiger partial charge is 0.493 e. The molecule has 3 aromatic rings.